The van der Waals surface area contributed by atoms with Crippen LogP contribution < -0.4 is 10.1 Å². The van der Waals surface area contributed by atoms with E-state index >= 15 is 0 Å². The number of phenolic OH excluding ortho intramolecular Hbond substituents is 1. The minimum absolute atomic E-state index is 0.00754. The standard InChI is InChI=1S/C15H12Cl3NO5S/c1-7-10(16)6-11(14(20)13(7)17)19-15(21)9-5-8(25(18,22)23)3-4-12(9)24-2/h3-6,20H,1-2H3,(H,19,21). The van der Waals surface area contributed by atoms with Crippen LogP contribution in [0, 0.1) is 6.92 Å². The number of hydrogen-bond donors (Lipinski definition) is 2. The Morgan fingerprint density at radius 3 is 2.44 bits per heavy atom. The second kappa shape index (κ2) is 7.29. The molecule has 0 aliphatic carbocycles. The number of methoxy groups -OCH3 is 1. The van der Waals surface area contributed by atoms with Crippen molar-refractivity contribution in [2.75, 3.05) is 12.4 Å². The molecule has 0 radical (unpaired) electrons. The lowest BCUT2D eigenvalue weighted by Crippen LogP contribution is -2.14. The van der Waals surface area contributed by atoms with Crippen LogP contribution in [0.2, 0.25) is 10.0 Å². The van der Waals surface area contributed by atoms with Gasteiger partial charge in [-0.1, -0.05) is 23.2 Å². The van der Waals surface area contributed by atoms with E-state index in [1.54, 1.807) is 6.92 Å². The van der Waals surface area contributed by atoms with E-state index in [1.807, 2.05) is 0 Å². The quantitative estimate of drug-likeness (QED) is 0.567. The van der Waals surface area contributed by atoms with Gasteiger partial charge in [-0.05, 0) is 36.8 Å². The Bertz CT molecular complexity index is 960. The van der Waals surface area contributed by atoms with Crippen LogP contribution in [-0.4, -0.2) is 26.5 Å². The Balaban J connectivity index is 2.49. The molecule has 2 rings (SSSR count). The highest BCUT2D eigenvalue weighted by atomic mass is 35.7. The van der Waals surface area contributed by atoms with Gasteiger partial charge in [-0.3, -0.25) is 4.79 Å². The minimum Gasteiger partial charge on any atom is -0.504 e. The molecule has 2 N–H and O–H groups in total. The highest BCUT2D eigenvalue weighted by Gasteiger charge is 2.20. The van der Waals surface area contributed by atoms with Crippen LogP contribution in [0.15, 0.2) is 29.2 Å². The first kappa shape index (κ1) is 19.7. The molecule has 1 amide bonds. The molecule has 0 fully saturated rings. The molecular weight excluding hydrogens is 413 g/mol. The third-order valence-electron chi connectivity index (χ3n) is 3.37. The number of benzene rings is 2. The number of nitrogens with one attached hydrogen (secondary N) is 1. The van der Waals surface area contributed by atoms with Gasteiger partial charge in [0, 0.05) is 15.7 Å². The molecular formula is C15H12Cl3NO5S. The molecule has 6 nitrogen and oxygen atoms in total. The Labute approximate surface area is 158 Å². The van der Waals surface area contributed by atoms with Gasteiger partial charge >= 0.3 is 0 Å². The maximum Gasteiger partial charge on any atom is 0.261 e. The number of anilines is 1. The molecule has 0 aliphatic heterocycles. The molecule has 0 heterocycles. The number of carbonyl (C=O) groups is 1. The van der Waals surface area contributed by atoms with Crippen LogP contribution in [0.5, 0.6) is 11.5 Å². The van der Waals surface area contributed by atoms with E-state index in [1.165, 1.54) is 25.3 Å². The summed E-state index contributed by atoms with van der Waals surface area (Å²) >= 11 is 11.9. The molecule has 134 valence electrons. The van der Waals surface area contributed by atoms with Gasteiger partial charge in [0.1, 0.15) is 5.75 Å². The first-order valence-corrected chi connectivity index (χ1v) is 9.74. The SMILES string of the molecule is COc1ccc(S(=O)(=O)Cl)cc1C(=O)Nc1cc(Cl)c(C)c(Cl)c1O. The lowest BCUT2D eigenvalue weighted by Gasteiger charge is -2.13. The number of phenols is 1. The summed E-state index contributed by atoms with van der Waals surface area (Å²) < 4.78 is 28.0. The van der Waals surface area contributed by atoms with Gasteiger partial charge in [-0.25, -0.2) is 8.42 Å². The van der Waals surface area contributed by atoms with Crippen molar-refractivity contribution in [2.24, 2.45) is 0 Å². The first-order valence-electron chi connectivity index (χ1n) is 6.68. The zero-order valence-electron chi connectivity index (χ0n) is 12.9. The molecule has 0 bridgehead atoms. The molecule has 0 aromatic heterocycles. The maximum atomic E-state index is 12.5. The molecule has 2 aromatic carbocycles. The summed E-state index contributed by atoms with van der Waals surface area (Å²) in [6, 6.07) is 4.88. The summed E-state index contributed by atoms with van der Waals surface area (Å²) in [6.07, 6.45) is 0. The summed E-state index contributed by atoms with van der Waals surface area (Å²) in [5, 5.41) is 12.7. The monoisotopic (exact) mass is 423 g/mol. The summed E-state index contributed by atoms with van der Waals surface area (Å²) in [5.74, 6) is -0.993. The molecule has 0 aliphatic rings. The van der Waals surface area contributed by atoms with Crippen molar-refractivity contribution < 1.29 is 23.1 Å². The van der Waals surface area contributed by atoms with Crippen molar-refractivity contribution in [3.8, 4) is 11.5 Å². The Morgan fingerprint density at radius 2 is 1.88 bits per heavy atom. The second-order valence-electron chi connectivity index (χ2n) is 4.95. The van der Waals surface area contributed by atoms with Crippen LogP contribution in [0.1, 0.15) is 15.9 Å². The molecule has 0 spiro atoms. The van der Waals surface area contributed by atoms with Gasteiger partial charge in [-0.2, -0.15) is 0 Å². The Morgan fingerprint density at radius 1 is 1.24 bits per heavy atom. The smallest absolute Gasteiger partial charge is 0.261 e. The summed E-state index contributed by atoms with van der Waals surface area (Å²) in [5.41, 5.74) is 0.315. The lowest BCUT2D eigenvalue weighted by atomic mass is 10.1. The number of amides is 1. The number of ether oxygens (including phenoxy) is 1. The zero-order chi connectivity index (χ0) is 18.9. The highest BCUT2D eigenvalue weighted by molar-refractivity contribution is 8.13. The normalized spacial score (nSPS) is 11.2. The van der Waals surface area contributed by atoms with Gasteiger partial charge in [0.15, 0.2) is 5.75 Å². The topological polar surface area (TPSA) is 92.7 Å². The van der Waals surface area contributed by atoms with E-state index in [2.05, 4.69) is 5.32 Å². The third kappa shape index (κ3) is 4.12. The van der Waals surface area contributed by atoms with Crippen LogP contribution in [0.3, 0.4) is 0 Å². The minimum atomic E-state index is -4.04. The maximum absolute atomic E-state index is 12.5. The predicted molar refractivity (Wildman–Crippen MR) is 96.8 cm³/mol. The largest absolute Gasteiger partial charge is 0.504 e. The molecule has 0 atom stereocenters. The third-order valence-corrected chi connectivity index (χ3v) is 5.57. The Hall–Kier alpha value is -1.67. The second-order valence-corrected chi connectivity index (χ2v) is 8.30. The van der Waals surface area contributed by atoms with Crippen LogP contribution in [0.25, 0.3) is 0 Å². The predicted octanol–water partition coefficient (Wildman–Crippen LogP) is 4.20. The summed E-state index contributed by atoms with van der Waals surface area (Å²) in [7, 11) is 2.58. The van der Waals surface area contributed by atoms with E-state index in [-0.39, 0.29) is 37.7 Å². The fourth-order valence-electron chi connectivity index (χ4n) is 2.01. The number of aromatic hydroxyl groups is 1. The van der Waals surface area contributed by atoms with E-state index in [0.29, 0.717) is 5.56 Å². The van der Waals surface area contributed by atoms with Gasteiger partial charge < -0.3 is 15.2 Å². The molecule has 0 unspecified atom stereocenters. The van der Waals surface area contributed by atoms with Gasteiger partial charge in [0.25, 0.3) is 15.0 Å². The molecule has 10 heteroatoms. The van der Waals surface area contributed by atoms with Crippen LogP contribution in [-0.2, 0) is 9.05 Å². The summed E-state index contributed by atoms with van der Waals surface area (Å²) in [4.78, 5) is 12.2. The number of carbonyl (C=O) groups excluding carboxylic acids is 1. The zero-order valence-corrected chi connectivity index (χ0v) is 16.0. The number of rotatable bonds is 4. The van der Waals surface area contributed by atoms with Gasteiger partial charge in [0.05, 0.1) is 28.3 Å². The van der Waals surface area contributed by atoms with E-state index in [9.17, 15) is 18.3 Å². The number of hydrogen-bond acceptors (Lipinski definition) is 5. The number of halogens is 3. The van der Waals surface area contributed by atoms with Crippen molar-refractivity contribution in [1.29, 1.82) is 0 Å². The van der Waals surface area contributed by atoms with Gasteiger partial charge in [-0.15, -0.1) is 0 Å². The van der Waals surface area contributed by atoms with Crippen LogP contribution in [0.4, 0.5) is 5.69 Å². The average molecular weight is 425 g/mol. The average Bonchev–Trinajstić information content (AvgIpc) is 2.56. The molecule has 2 aromatic rings. The van der Waals surface area contributed by atoms with Crippen molar-refractivity contribution in [3.05, 3.63) is 45.4 Å². The van der Waals surface area contributed by atoms with E-state index < -0.39 is 15.0 Å². The molecule has 0 saturated heterocycles. The first-order chi connectivity index (χ1) is 11.6. The lowest BCUT2D eigenvalue weighted by molar-refractivity contribution is 0.102. The fraction of sp³-hybridized carbons (Fsp3) is 0.133. The van der Waals surface area contributed by atoms with Crippen molar-refractivity contribution in [1.82, 2.24) is 0 Å². The summed E-state index contributed by atoms with van der Waals surface area (Å²) in [6.45, 7) is 1.60. The van der Waals surface area contributed by atoms with Crippen molar-refractivity contribution in [2.45, 2.75) is 11.8 Å². The molecule has 25 heavy (non-hydrogen) atoms. The van der Waals surface area contributed by atoms with Gasteiger partial charge in [0.2, 0.25) is 0 Å². The van der Waals surface area contributed by atoms with E-state index in [4.69, 9.17) is 38.6 Å². The van der Waals surface area contributed by atoms with Crippen molar-refractivity contribution >= 4 is 54.5 Å². The Kier molecular flexibility index (Phi) is 5.73. The molecule has 0 saturated carbocycles. The van der Waals surface area contributed by atoms with Crippen molar-refractivity contribution in [3.63, 3.8) is 0 Å². The highest BCUT2D eigenvalue weighted by Crippen LogP contribution is 2.39. The van der Waals surface area contributed by atoms with E-state index in [0.717, 1.165) is 6.07 Å². The fourth-order valence-corrected chi connectivity index (χ4v) is 3.24. The van der Waals surface area contributed by atoms with Crippen LogP contribution >= 0.6 is 33.9 Å².